The lowest BCUT2D eigenvalue weighted by molar-refractivity contribution is -0.154. The van der Waals surface area contributed by atoms with Gasteiger partial charge in [0, 0.05) is 6.20 Å². The van der Waals surface area contributed by atoms with Gasteiger partial charge in [0.2, 0.25) is 0 Å². The monoisotopic (exact) mass is 503 g/mol. The maximum atomic E-state index is 12.4. The molecule has 35 heavy (non-hydrogen) atoms. The predicted molar refractivity (Wildman–Crippen MR) is 119 cm³/mol. The summed E-state index contributed by atoms with van der Waals surface area (Å²) < 4.78 is 32.5. The van der Waals surface area contributed by atoms with E-state index < -0.39 is 23.8 Å². The minimum atomic E-state index is -0.597. The number of rotatable bonds is 18. The first-order valence-electron chi connectivity index (χ1n) is 11.3. The lowest BCUT2D eigenvalue weighted by atomic mass is 10.2. The van der Waals surface area contributed by atoms with Gasteiger partial charge in [-0.2, -0.15) is 4.98 Å². The molecule has 2 atom stereocenters. The summed E-state index contributed by atoms with van der Waals surface area (Å²) in [6, 6.07) is 1.47. The van der Waals surface area contributed by atoms with Crippen molar-refractivity contribution < 1.29 is 48.2 Å². The van der Waals surface area contributed by atoms with Gasteiger partial charge in [-0.25, -0.2) is 9.59 Å². The number of nitrogens with zero attached hydrogens (tertiary/aromatic N) is 2. The van der Waals surface area contributed by atoms with E-state index in [9.17, 15) is 14.4 Å². The van der Waals surface area contributed by atoms with Crippen molar-refractivity contribution in [2.75, 3.05) is 78.0 Å². The molecule has 0 spiro atoms. The van der Waals surface area contributed by atoms with Crippen LogP contribution in [0.3, 0.4) is 0 Å². The second-order valence-corrected chi connectivity index (χ2v) is 7.30. The Morgan fingerprint density at radius 2 is 1.66 bits per heavy atom. The third kappa shape index (κ3) is 11.7. The fraction of sp³-hybridized carbons (Fsp3) is 0.714. The van der Waals surface area contributed by atoms with Crippen LogP contribution in [0.15, 0.2) is 17.1 Å². The fourth-order valence-corrected chi connectivity index (χ4v) is 3.01. The summed E-state index contributed by atoms with van der Waals surface area (Å²) in [6.07, 6.45) is 1.64. The highest BCUT2D eigenvalue weighted by Gasteiger charge is 2.28. The van der Waals surface area contributed by atoms with E-state index in [0.717, 1.165) is 0 Å². The smallest absolute Gasteiger partial charge is 0.351 e. The van der Waals surface area contributed by atoms with Crippen LogP contribution >= 0.6 is 0 Å². The van der Waals surface area contributed by atoms with E-state index >= 15 is 0 Å². The third-order valence-electron chi connectivity index (χ3n) is 4.59. The van der Waals surface area contributed by atoms with Crippen LogP contribution in [0.2, 0.25) is 0 Å². The minimum Gasteiger partial charge on any atom is -0.461 e. The first kappa shape index (κ1) is 28.8. The third-order valence-corrected chi connectivity index (χ3v) is 4.59. The average Bonchev–Trinajstić information content (AvgIpc) is 3.31. The summed E-state index contributed by atoms with van der Waals surface area (Å²) in [5.74, 6) is -0.932. The highest BCUT2D eigenvalue weighted by atomic mass is 16.6. The molecule has 1 fully saturated rings. The number of aliphatic hydroxyl groups is 2. The van der Waals surface area contributed by atoms with Gasteiger partial charge in [0.05, 0.1) is 59.0 Å². The summed E-state index contributed by atoms with van der Waals surface area (Å²) in [6.45, 7) is 0.724. The fourth-order valence-electron chi connectivity index (χ4n) is 3.01. The predicted octanol–water partition coefficient (Wildman–Crippen LogP) is -1.55. The second-order valence-electron chi connectivity index (χ2n) is 7.30. The molecule has 2 heterocycles. The average molecular weight is 504 g/mol. The number of aliphatic hydroxyl groups excluding tert-OH is 2. The Morgan fingerprint density at radius 1 is 1.00 bits per heavy atom. The highest BCUT2D eigenvalue weighted by molar-refractivity contribution is 5.90. The van der Waals surface area contributed by atoms with Gasteiger partial charge in [-0.3, -0.25) is 9.36 Å². The summed E-state index contributed by atoms with van der Waals surface area (Å²) in [5, 5.41) is 19.7. The van der Waals surface area contributed by atoms with Gasteiger partial charge in [-0.1, -0.05) is 0 Å². The zero-order valence-electron chi connectivity index (χ0n) is 19.5. The number of hydrogen-bond donors (Lipinski definition) is 3. The molecule has 14 nitrogen and oxygen atoms in total. The summed E-state index contributed by atoms with van der Waals surface area (Å²) in [7, 11) is 0. The van der Waals surface area contributed by atoms with Crippen LogP contribution in [0.25, 0.3) is 0 Å². The molecule has 1 amide bonds. The number of aromatic nitrogens is 2. The molecule has 3 N–H and O–H groups in total. The molecule has 0 saturated carbocycles. The molecule has 1 saturated heterocycles. The number of esters is 1. The van der Waals surface area contributed by atoms with Crippen molar-refractivity contribution in [2.45, 2.75) is 25.2 Å². The Morgan fingerprint density at radius 3 is 2.31 bits per heavy atom. The minimum absolute atomic E-state index is 0.0288. The lowest BCUT2D eigenvalue weighted by Gasteiger charge is -2.16. The molecule has 1 aromatic heterocycles. The number of hydrogen-bond acceptors (Lipinski definition) is 12. The van der Waals surface area contributed by atoms with Crippen LogP contribution in [-0.2, 0) is 38.0 Å². The largest absolute Gasteiger partial charge is 0.461 e. The van der Waals surface area contributed by atoms with E-state index in [0.29, 0.717) is 12.8 Å². The first-order chi connectivity index (χ1) is 17.0. The highest BCUT2D eigenvalue weighted by Crippen LogP contribution is 2.27. The molecule has 1 aromatic rings. The van der Waals surface area contributed by atoms with E-state index in [1.54, 1.807) is 0 Å². The lowest BCUT2D eigenvalue weighted by Crippen LogP contribution is -2.29. The summed E-state index contributed by atoms with van der Waals surface area (Å²) >= 11 is 0. The molecule has 198 valence electrons. The van der Waals surface area contributed by atoms with Gasteiger partial charge in [-0.05, 0) is 18.9 Å². The number of carbonyl (C=O) groups excluding carboxylic acids is 2. The van der Waals surface area contributed by atoms with Crippen molar-refractivity contribution in [3.63, 3.8) is 0 Å². The number of amides is 1. The van der Waals surface area contributed by atoms with Crippen LogP contribution < -0.4 is 11.0 Å². The first-order valence-corrected chi connectivity index (χ1v) is 11.3. The van der Waals surface area contributed by atoms with E-state index in [4.69, 9.17) is 38.6 Å². The van der Waals surface area contributed by atoms with Gasteiger partial charge in [-0.15, -0.1) is 0 Å². The Bertz CT molecular complexity index is 820. The number of carbonyl (C=O) groups is 2. The molecule has 0 bridgehead atoms. The number of anilines is 1. The quantitative estimate of drug-likeness (QED) is 0.156. The Kier molecular flexibility index (Phi) is 14.0. The maximum Gasteiger partial charge on any atom is 0.351 e. The van der Waals surface area contributed by atoms with Gasteiger partial charge < -0.3 is 44.0 Å². The maximum absolute atomic E-state index is 12.4. The Labute approximate surface area is 202 Å². The van der Waals surface area contributed by atoms with Crippen molar-refractivity contribution in [3.05, 3.63) is 22.7 Å². The number of ether oxygens (including phenoxy) is 6. The normalized spacial score (nSPS) is 17.4. The van der Waals surface area contributed by atoms with Gasteiger partial charge >= 0.3 is 11.7 Å². The van der Waals surface area contributed by atoms with Gasteiger partial charge in [0.25, 0.3) is 5.91 Å². The molecule has 2 unspecified atom stereocenters. The molecule has 1 aliphatic heterocycles. The van der Waals surface area contributed by atoms with Crippen LogP contribution in [-0.4, -0.2) is 110 Å². The second kappa shape index (κ2) is 17.0. The topological polar surface area (TPSA) is 177 Å². The van der Waals surface area contributed by atoms with Crippen molar-refractivity contribution >= 4 is 17.7 Å². The van der Waals surface area contributed by atoms with Crippen LogP contribution in [0.4, 0.5) is 5.82 Å². The molecular weight excluding hydrogens is 470 g/mol. The van der Waals surface area contributed by atoms with E-state index in [2.05, 4.69) is 10.3 Å². The summed E-state index contributed by atoms with van der Waals surface area (Å²) in [5.41, 5.74) is -0.597. The zero-order valence-corrected chi connectivity index (χ0v) is 19.5. The van der Waals surface area contributed by atoms with Crippen molar-refractivity contribution in [1.82, 2.24) is 9.55 Å². The van der Waals surface area contributed by atoms with Gasteiger partial charge in [0.15, 0.2) is 0 Å². The van der Waals surface area contributed by atoms with Crippen molar-refractivity contribution in [1.29, 1.82) is 0 Å². The zero-order chi connectivity index (χ0) is 25.3. The van der Waals surface area contributed by atoms with E-state index in [-0.39, 0.29) is 84.6 Å². The van der Waals surface area contributed by atoms with Crippen LogP contribution in [0.1, 0.15) is 19.1 Å². The standard InChI is InChI=1S/C21H33N3O11/c25-5-7-30-9-11-32-14-18(27)22-17-3-4-24(21(29)23-17)19-2-1-16(35-19)13-34-20(28)15-33-12-10-31-8-6-26/h3-4,16,19,25-26H,1-2,5-15H2,(H,22,23,27,29). The Balaban J connectivity index is 1.67. The molecule has 14 heteroatoms. The molecule has 0 aromatic carbocycles. The van der Waals surface area contributed by atoms with Gasteiger partial charge in [0.1, 0.15) is 31.9 Å². The SMILES string of the molecule is O=C(COCCOCCO)Nc1ccn(C2CCC(COC(=O)COCCOCCO)O2)c(=O)n1. The van der Waals surface area contributed by atoms with E-state index in [1.165, 1.54) is 16.8 Å². The molecule has 1 aliphatic rings. The molecule has 2 rings (SSSR count). The van der Waals surface area contributed by atoms with Crippen molar-refractivity contribution in [3.8, 4) is 0 Å². The van der Waals surface area contributed by atoms with Crippen LogP contribution in [0, 0.1) is 0 Å². The van der Waals surface area contributed by atoms with E-state index in [1.807, 2.05) is 0 Å². The summed E-state index contributed by atoms with van der Waals surface area (Å²) in [4.78, 5) is 39.9. The van der Waals surface area contributed by atoms with Crippen LogP contribution in [0.5, 0.6) is 0 Å². The molecular formula is C21H33N3O11. The molecule has 0 aliphatic carbocycles. The number of nitrogens with one attached hydrogen (secondary N) is 1. The molecule has 0 radical (unpaired) electrons. The van der Waals surface area contributed by atoms with Crippen molar-refractivity contribution in [2.24, 2.45) is 0 Å². The Hall–Kier alpha value is -2.46.